The third-order valence-electron chi connectivity index (χ3n) is 5.31. The van der Waals surface area contributed by atoms with Crippen LogP contribution >= 0.6 is 0 Å². The van der Waals surface area contributed by atoms with Crippen LogP contribution in [0.5, 0.6) is 5.75 Å². The van der Waals surface area contributed by atoms with Crippen molar-refractivity contribution in [2.45, 2.75) is 26.7 Å². The van der Waals surface area contributed by atoms with Gasteiger partial charge in [0, 0.05) is 39.3 Å². The summed E-state index contributed by atoms with van der Waals surface area (Å²) in [7, 11) is 1.69. The highest BCUT2D eigenvalue weighted by atomic mass is 16.5. The van der Waals surface area contributed by atoms with Crippen molar-refractivity contribution < 1.29 is 9.53 Å². The van der Waals surface area contributed by atoms with Crippen molar-refractivity contribution in [1.29, 1.82) is 0 Å². The molecule has 0 unspecified atom stereocenters. The molecule has 1 aliphatic rings. The Morgan fingerprint density at radius 3 is 2.31 bits per heavy atom. The number of hydrogen-bond acceptors (Lipinski definition) is 5. The minimum atomic E-state index is 0.00811. The zero-order valence-corrected chi connectivity index (χ0v) is 17.8. The number of hydrogen-bond donors (Lipinski definition) is 0. The predicted octanol–water partition coefficient (Wildman–Crippen LogP) is 3.68. The number of piperazine rings is 1. The highest BCUT2D eigenvalue weighted by molar-refractivity contribution is 5.92. The van der Waals surface area contributed by atoms with Gasteiger partial charge in [-0.15, -0.1) is 0 Å². The summed E-state index contributed by atoms with van der Waals surface area (Å²) in [6.07, 6.45) is 4.03. The molecule has 1 saturated heterocycles. The van der Waals surface area contributed by atoms with E-state index in [2.05, 4.69) is 34.7 Å². The summed E-state index contributed by atoms with van der Waals surface area (Å²) in [5, 5.41) is 0. The molecule has 0 N–H and O–H groups in total. The summed E-state index contributed by atoms with van der Waals surface area (Å²) in [6, 6.07) is 11.9. The SMILES string of the molecule is CCCN(CCC)c1ccc(C(=O)N2CCN(c3ccccc3OC)CC2)nc1. The lowest BCUT2D eigenvalue weighted by Gasteiger charge is -2.36. The maximum Gasteiger partial charge on any atom is 0.272 e. The van der Waals surface area contributed by atoms with Gasteiger partial charge in [-0.05, 0) is 37.1 Å². The van der Waals surface area contributed by atoms with Crippen LogP contribution < -0.4 is 14.5 Å². The van der Waals surface area contributed by atoms with E-state index in [0.717, 1.165) is 56.1 Å². The van der Waals surface area contributed by atoms with Crippen LogP contribution in [-0.4, -0.2) is 62.2 Å². The molecule has 3 rings (SSSR count). The molecule has 0 bridgehead atoms. The van der Waals surface area contributed by atoms with E-state index in [1.54, 1.807) is 7.11 Å². The number of para-hydroxylation sites is 2. The van der Waals surface area contributed by atoms with E-state index in [4.69, 9.17) is 4.74 Å². The highest BCUT2D eigenvalue weighted by Gasteiger charge is 2.24. The van der Waals surface area contributed by atoms with Crippen LogP contribution in [0.3, 0.4) is 0 Å². The molecular formula is C23H32N4O2. The molecule has 0 radical (unpaired) electrons. The van der Waals surface area contributed by atoms with E-state index in [1.807, 2.05) is 41.4 Å². The van der Waals surface area contributed by atoms with E-state index < -0.39 is 0 Å². The number of rotatable bonds is 8. The van der Waals surface area contributed by atoms with Gasteiger partial charge in [0.1, 0.15) is 11.4 Å². The molecule has 1 fully saturated rings. The maximum absolute atomic E-state index is 12.9. The monoisotopic (exact) mass is 396 g/mol. The van der Waals surface area contributed by atoms with Crippen molar-refractivity contribution >= 4 is 17.3 Å². The zero-order chi connectivity index (χ0) is 20.6. The van der Waals surface area contributed by atoms with E-state index in [-0.39, 0.29) is 5.91 Å². The molecule has 0 spiro atoms. The molecule has 6 heteroatoms. The second-order valence-electron chi connectivity index (χ2n) is 7.34. The topological polar surface area (TPSA) is 48.9 Å². The maximum atomic E-state index is 12.9. The number of nitrogens with zero attached hydrogens (tertiary/aromatic N) is 4. The number of ether oxygens (including phenoxy) is 1. The highest BCUT2D eigenvalue weighted by Crippen LogP contribution is 2.28. The number of anilines is 2. The van der Waals surface area contributed by atoms with Gasteiger partial charge in [-0.3, -0.25) is 4.79 Å². The fourth-order valence-corrected chi connectivity index (χ4v) is 3.81. The summed E-state index contributed by atoms with van der Waals surface area (Å²) in [4.78, 5) is 23.9. The Hall–Kier alpha value is -2.76. The summed E-state index contributed by atoms with van der Waals surface area (Å²) in [5.41, 5.74) is 2.69. The Morgan fingerprint density at radius 1 is 1.03 bits per heavy atom. The van der Waals surface area contributed by atoms with Crippen molar-refractivity contribution in [3.8, 4) is 5.75 Å². The number of carbonyl (C=O) groups is 1. The van der Waals surface area contributed by atoms with Gasteiger partial charge in [-0.25, -0.2) is 4.98 Å². The minimum Gasteiger partial charge on any atom is -0.495 e. The summed E-state index contributed by atoms with van der Waals surface area (Å²) in [6.45, 7) is 9.30. The molecule has 1 aromatic carbocycles. The molecule has 0 aliphatic carbocycles. The number of aromatic nitrogens is 1. The first kappa shape index (κ1) is 21.0. The molecule has 0 atom stereocenters. The van der Waals surface area contributed by atoms with E-state index in [1.165, 1.54) is 0 Å². The lowest BCUT2D eigenvalue weighted by atomic mass is 10.2. The fraction of sp³-hybridized carbons (Fsp3) is 0.478. The predicted molar refractivity (Wildman–Crippen MR) is 118 cm³/mol. The number of amides is 1. The molecule has 0 saturated carbocycles. The van der Waals surface area contributed by atoms with Crippen LogP contribution in [0.4, 0.5) is 11.4 Å². The lowest BCUT2D eigenvalue weighted by molar-refractivity contribution is 0.0741. The molecule has 6 nitrogen and oxygen atoms in total. The quantitative estimate of drug-likeness (QED) is 0.681. The third kappa shape index (κ3) is 5.00. The van der Waals surface area contributed by atoms with Gasteiger partial charge in [0.05, 0.1) is 24.7 Å². The molecule has 2 aromatic rings. The molecule has 1 amide bonds. The normalized spacial score (nSPS) is 14.0. The van der Waals surface area contributed by atoms with Gasteiger partial charge < -0.3 is 19.4 Å². The Bertz CT molecular complexity index is 780. The first-order valence-corrected chi connectivity index (χ1v) is 10.6. The second-order valence-corrected chi connectivity index (χ2v) is 7.34. The van der Waals surface area contributed by atoms with Crippen LogP contribution in [0.25, 0.3) is 0 Å². The molecule has 29 heavy (non-hydrogen) atoms. The van der Waals surface area contributed by atoms with Crippen molar-refractivity contribution in [2.75, 3.05) is 56.2 Å². The van der Waals surface area contributed by atoms with Gasteiger partial charge in [-0.1, -0.05) is 26.0 Å². The Kier molecular flexibility index (Phi) is 7.33. The van der Waals surface area contributed by atoms with Crippen molar-refractivity contribution in [3.05, 3.63) is 48.3 Å². The number of carbonyl (C=O) groups excluding carboxylic acids is 1. The van der Waals surface area contributed by atoms with Gasteiger partial charge in [-0.2, -0.15) is 0 Å². The molecule has 2 heterocycles. The van der Waals surface area contributed by atoms with Gasteiger partial charge >= 0.3 is 0 Å². The molecule has 1 aromatic heterocycles. The van der Waals surface area contributed by atoms with Crippen LogP contribution in [-0.2, 0) is 0 Å². The number of benzene rings is 1. The average molecular weight is 397 g/mol. The van der Waals surface area contributed by atoms with E-state index in [0.29, 0.717) is 18.8 Å². The lowest BCUT2D eigenvalue weighted by Crippen LogP contribution is -2.49. The molecule has 156 valence electrons. The summed E-state index contributed by atoms with van der Waals surface area (Å²) in [5.74, 6) is 0.877. The van der Waals surface area contributed by atoms with E-state index >= 15 is 0 Å². The van der Waals surface area contributed by atoms with Gasteiger partial charge in [0.15, 0.2) is 0 Å². The average Bonchev–Trinajstić information content (AvgIpc) is 2.78. The van der Waals surface area contributed by atoms with Crippen molar-refractivity contribution in [2.24, 2.45) is 0 Å². The minimum absolute atomic E-state index is 0.00811. The first-order valence-electron chi connectivity index (χ1n) is 10.6. The Balaban J connectivity index is 1.62. The summed E-state index contributed by atoms with van der Waals surface area (Å²) >= 11 is 0. The number of methoxy groups -OCH3 is 1. The first-order chi connectivity index (χ1) is 14.2. The zero-order valence-electron chi connectivity index (χ0n) is 17.8. The number of pyridine rings is 1. The van der Waals surface area contributed by atoms with Gasteiger partial charge in [0.25, 0.3) is 5.91 Å². The van der Waals surface area contributed by atoms with Gasteiger partial charge in [0.2, 0.25) is 0 Å². The standard InChI is InChI=1S/C23H32N4O2/c1-4-12-25(13-5-2)19-10-11-20(24-18-19)23(28)27-16-14-26(15-17-27)21-8-6-7-9-22(21)29-3/h6-11,18H,4-5,12-17H2,1-3H3. The molecule has 1 aliphatic heterocycles. The van der Waals surface area contributed by atoms with E-state index in [9.17, 15) is 4.79 Å². The second kappa shape index (κ2) is 10.1. The largest absolute Gasteiger partial charge is 0.495 e. The van der Waals surface area contributed by atoms with Crippen LogP contribution in [0.1, 0.15) is 37.2 Å². The van der Waals surface area contributed by atoms with Crippen molar-refractivity contribution in [1.82, 2.24) is 9.88 Å². The van der Waals surface area contributed by atoms with Crippen LogP contribution in [0, 0.1) is 0 Å². The summed E-state index contributed by atoms with van der Waals surface area (Å²) < 4.78 is 5.47. The smallest absolute Gasteiger partial charge is 0.272 e. The van der Waals surface area contributed by atoms with Crippen LogP contribution in [0.15, 0.2) is 42.6 Å². The Morgan fingerprint density at radius 2 is 1.72 bits per heavy atom. The van der Waals surface area contributed by atoms with Crippen LogP contribution in [0.2, 0.25) is 0 Å². The molecular weight excluding hydrogens is 364 g/mol. The third-order valence-corrected chi connectivity index (χ3v) is 5.31. The van der Waals surface area contributed by atoms with Crippen molar-refractivity contribution in [3.63, 3.8) is 0 Å². The Labute approximate surface area is 174 Å². The fourth-order valence-electron chi connectivity index (χ4n) is 3.81.